The highest BCUT2D eigenvalue weighted by Crippen LogP contribution is 2.35. The molecule has 0 bridgehead atoms. The second kappa shape index (κ2) is 3.02. The maximum atomic E-state index is 5.85. The van der Waals surface area contributed by atoms with Gasteiger partial charge in [0.2, 0.25) is 0 Å². The average molecular weight is 184 g/mol. The lowest BCUT2D eigenvalue weighted by Crippen LogP contribution is -2.18. The number of benzene rings is 1. The van der Waals surface area contributed by atoms with Gasteiger partial charge >= 0.3 is 0 Å². The van der Waals surface area contributed by atoms with Crippen molar-refractivity contribution in [1.29, 1.82) is 0 Å². The predicted molar refractivity (Wildman–Crippen MR) is 56.1 cm³/mol. The zero-order valence-electron chi connectivity index (χ0n) is 7.94. The van der Waals surface area contributed by atoms with Crippen molar-refractivity contribution < 1.29 is 4.74 Å². The molecule has 0 fully saturated rings. The predicted octanol–water partition coefficient (Wildman–Crippen LogP) is 3.08. The van der Waals surface area contributed by atoms with Crippen LogP contribution in [0.15, 0.2) is 48.3 Å². The molecule has 1 aliphatic carbocycles. The Bertz CT molecular complexity index is 415. The second-order valence-corrected chi connectivity index (χ2v) is 3.79. The van der Waals surface area contributed by atoms with Crippen molar-refractivity contribution in [3.05, 3.63) is 53.8 Å². The Balaban J connectivity index is 2.03. The molecule has 14 heavy (non-hydrogen) atoms. The van der Waals surface area contributed by atoms with Crippen LogP contribution in [0.2, 0.25) is 0 Å². The summed E-state index contributed by atoms with van der Waals surface area (Å²) in [5.74, 6) is 2.63. The van der Waals surface area contributed by atoms with E-state index in [2.05, 4.69) is 30.4 Å². The summed E-state index contributed by atoms with van der Waals surface area (Å²) in [7, 11) is 0. The Kier molecular flexibility index (Phi) is 1.69. The number of allylic oxidation sites excluding steroid dienone is 3. The largest absolute Gasteiger partial charge is 0.461 e. The minimum atomic E-state index is 0.471. The van der Waals surface area contributed by atoms with Crippen LogP contribution < -0.4 is 4.74 Å². The molecule has 70 valence electrons. The van der Waals surface area contributed by atoms with Crippen molar-refractivity contribution in [3.63, 3.8) is 0 Å². The van der Waals surface area contributed by atoms with Gasteiger partial charge in [-0.05, 0) is 30.5 Å². The van der Waals surface area contributed by atoms with Gasteiger partial charge in [-0.15, -0.1) is 0 Å². The highest BCUT2D eigenvalue weighted by Gasteiger charge is 2.23. The summed E-state index contributed by atoms with van der Waals surface area (Å²) in [6, 6.07) is 8.29. The van der Waals surface area contributed by atoms with Crippen LogP contribution in [-0.4, -0.2) is 0 Å². The quantitative estimate of drug-likeness (QED) is 0.563. The Labute approximate surface area is 83.7 Å². The number of fused-ring (bicyclic) bond motifs is 2. The van der Waals surface area contributed by atoms with Gasteiger partial charge in [-0.25, -0.2) is 0 Å². The first-order valence-electron chi connectivity index (χ1n) is 5.06. The van der Waals surface area contributed by atoms with Crippen LogP contribution in [0, 0.1) is 5.92 Å². The fourth-order valence-corrected chi connectivity index (χ4v) is 2.10. The molecule has 1 heteroatoms. The van der Waals surface area contributed by atoms with Crippen molar-refractivity contribution >= 4 is 0 Å². The highest BCUT2D eigenvalue weighted by atomic mass is 16.5. The van der Waals surface area contributed by atoms with Gasteiger partial charge in [-0.1, -0.05) is 30.4 Å². The Hall–Kier alpha value is -1.50. The second-order valence-electron chi connectivity index (χ2n) is 3.79. The molecule has 3 rings (SSSR count). The first-order chi connectivity index (χ1) is 6.93. The normalized spacial score (nSPS) is 23.1. The van der Waals surface area contributed by atoms with Gasteiger partial charge in [0.05, 0.1) is 0 Å². The van der Waals surface area contributed by atoms with E-state index in [4.69, 9.17) is 4.74 Å². The SMILES string of the molecule is C1=CC2Cc3ccccc3OC2=CC1. The molecule has 1 aromatic rings. The standard InChI is InChI=1S/C13H12O/c1-3-7-12-10(5-1)9-11-6-2-4-8-13(11)14-12/h1-3,5-8,11H,4,9H2. The minimum absolute atomic E-state index is 0.471. The molecule has 0 saturated carbocycles. The van der Waals surface area contributed by atoms with E-state index in [0.29, 0.717) is 5.92 Å². The van der Waals surface area contributed by atoms with Crippen LogP contribution >= 0.6 is 0 Å². The van der Waals surface area contributed by atoms with Crippen molar-refractivity contribution in [1.82, 2.24) is 0 Å². The maximum absolute atomic E-state index is 5.85. The number of ether oxygens (including phenoxy) is 1. The summed E-state index contributed by atoms with van der Waals surface area (Å²) >= 11 is 0. The number of para-hydroxylation sites is 1. The van der Waals surface area contributed by atoms with Crippen LogP contribution in [0.3, 0.4) is 0 Å². The third-order valence-electron chi connectivity index (χ3n) is 2.83. The summed E-state index contributed by atoms with van der Waals surface area (Å²) in [4.78, 5) is 0. The van der Waals surface area contributed by atoms with Gasteiger partial charge in [0.25, 0.3) is 0 Å². The van der Waals surface area contributed by atoms with E-state index < -0.39 is 0 Å². The van der Waals surface area contributed by atoms with Crippen LogP contribution in [0.5, 0.6) is 5.75 Å². The van der Waals surface area contributed by atoms with Crippen LogP contribution in [0.25, 0.3) is 0 Å². The molecule has 2 aliphatic rings. The molecule has 1 heterocycles. The molecule has 1 aromatic carbocycles. The van der Waals surface area contributed by atoms with Crippen LogP contribution in [0.1, 0.15) is 12.0 Å². The lowest BCUT2D eigenvalue weighted by Gasteiger charge is -2.27. The monoisotopic (exact) mass is 184 g/mol. The zero-order valence-corrected chi connectivity index (χ0v) is 7.94. The fourth-order valence-electron chi connectivity index (χ4n) is 2.10. The third-order valence-corrected chi connectivity index (χ3v) is 2.83. The van der Waals surface area contributed by atoms with Gasteiger partial charge in [-0.3, -0.25) is 0 Å². The summed E-state index contributed by atoms with van der Waals surface area (Å²) in [6.07, 6.45) is 8.74. The van der Waals surface area contributed by atoms with Crippen LogP contribution in [0.4, 0.5) is 0 Å². The summed E-state index contributed by atoms with van der Waals surface area (Å²) < 4.78 is 5.85. The van der Waals surface area contributed by atoms with E-state index >= 15 is 0 Å². The Morgan fingerprint density at radius 1 is 1.21 bits per heavy atom. The smallest absolute Gasteiger partial charge is 0.130 e. The number of hydrogen-bond donors (Lipinski definition) is 0. The fraction of sp³-hybridized carbons (Fsp3) is 0.231. The number of rotatable bonds is 0. The molecular formula is C13H12O. The van der Waals surface area contributed by atoms with Gasteiger partial charge in [-0.2, -0.15) is 0 Å². The average Bonchev–Trinajstić information content (AvgIpc) is 2.26. The van der Waals surface area contributed by atoms with Crippen LogP contribution in [-0.2, 0) is 6.42 Å². The topological polar surface area (TPSA) is 9.23 Å². The zero-order chi connectivity index (χ0) is 9.38. The first kappa shape index (κ1) is 7.86. The Morgan fingerprint density at radius 2 is 2.14 bits per heavy atom. The third kappa shape index (κ3) is 1.17. The number of hydrogen-bond acceptors (Lipinski definition) is 1. The molecule has 0 aromatic heterocycles. The molecule has 1 aliphatic heterocycles. The van der Waals surface area contributed by atoms with Crippen molar-refractivity contribution in [2.45, 2.75) is 12.8 Å². The van der Waals surface area contributed by atoms with E-state index in [1.807, 2.05) is 12.1 Å². The first-order valence-corrected chi connectivity index (χ1v) is 5.06. The summed E-state index contributed by atoms with van der Waals surface area (Å²) in [5, 5.41) is 0. The molecule has 1 unspecified atom stereocenters. The highest BCUT2D eigenvalue weighted by molar-refractivity contribution is 5.40. The molecule has 0 radical (unpaired) electrons. The van der Waals surface area contributed by atoms with Gasteiger partial charge < -0.3 is 4.74 Å². The lowest BCUT2D eigenvalue weighted by molar-refractivity contribution is 0.338. The lowest BCUT2D eigenvalue weighted by atomic mass is 9.91. The van der Waals surface area contributed by atoms with E-state index in [9.17, 15) is 0 Å². The molecule has 0 saturated heterocycles. The van der Waals surface area contributed by atoms with Gasteiger partial charge in [0.15, 0.2) is 0 Å². The van der Waals surface area contributed by atoms with E-state index in [1.54, 1.807) is 0 Å². The van der Waals surface area contributed by atoms with Gasteiger partial charge in [0, 0.05) is 5.92 Å². The van der Waals surface area contributed by atoms with E-state index in [-0.39, 0.29) is 0 Å². The summed E-state index contributed by atoms with van der Waals surface area (Å²) in [5.41, 5.74) is 1.32. The minimum Gasteiger partial charge on any atom is -0.461 e. The molecule has 0 amide bonds. The summed E-state index contributed by atoms with van der Waals surface area (Å²) in [6.45, 7) is 0. The molecular weight excluding hydrogens is 172 g/mol. The van der Waals surface area contributed by atoms with Crippen molar-refractivity contribution in [3.8, 4) is 5.75 Å². The molecule has 1 nitrogen and oxygen atoms in total. The molecule has 0 spiro atoms. The molecule has 0 N–H and O–H groups in total. The molecule has 1 atom stereocenters. The van der Waals surface area contributed by atoms with Crippen molar-refractivity contribution in [2.75, 3.05) is 0 Å². The maximum Gasteiger partial charge on any atom is 0.130 e. The van der Waals surface area contributed by atoms with Gasteiger partial charge in [0.1, 0.15) is 11.5 Å². The Morgan fingerprint density at radius 3 is 3.14 bits per heavy atom. The van der Waals surface area contributed by atoms with E-state index in [1.165, 1.54) is 5.56 Å². The van der Waals surface area contributed by atoms with E-state index in [0.717, 1.165) is 24.4 Å². The van der Waals surface area contributed by atoms with Crippen molar-refractivity contribution in [2.24, 2.45) is 5.92 Å².